The Morgan fingerprint density at radius 2 is 1.63 bits per heavy atom. The Hall–Kier alpha value is -3.87. The van der Waals surface area contributed by atoms with E-state index in [1.807, 2.05) is 26.8 Å². The van der Waals surface area contributed by atoms with Gasteiger partial charge in [-0.25, -0.2) is 9.59 Å². The van der Waals surface area contributed by atoms with Crippen LogP contribution in [0.25, 0.3) is 21.9 Å². The minimum absolute atomic E-state index is 0.000582. The number of benzene rings is 2. The van der Waals surface area contributed by atoms with Gasteiger partial charge < -0.3 is 19.3 Å². The summed E-state index contributed by atoms with van der Waals surface area (Å²) in [5.74, 6) is -1.01. The Balaban J connectivity index is 1.84. The highest BCUT2D eigenvalue weighted by Crippen LogP contribution is 2.34. The zero-order valence-electron chi connectivity index (χ0n) is 16.7. The maximum atomic E-state index is 12.7. The fourth-order valence-corrected chi connectivity index (χ4v) is 3.60. The fraction of sp³-hybridized carbons (Fsp3) is 0.174. The van der Waals surface area contributed by atoms with Crippen LogP contribution in [0.15, 0.2) is 50.0 Å². The van der Waals surface area contributed by atoms with Crippen LogP contribution in [0.2, 0.25) is 0 Å². The normalized spacial score (nSPS) is 11.2. The summed E-state index contributed by atoms with van der Waals surface area (Å²) in [6, 6.07) is 9.30. The molecule has 0 fully saturated rings. The molecule has 0 saturated carbocycles. The van der Waals surface area contributed by atoms with Crippen LogP contribution in [0.1, 0.15) is 43.2 Å². The number of rotatable bonds is 4. The molecule has 152 valence electrons. The summed E-state index contributed by atoms with van der Waals surface area (Å²) in [4.78, 5) is 36.1. The van der Waals surface area contributed by atoms with Gasteiger partial charge in [0, 0.05) is 16.8 Å². The highest BCUT2D eigenvalue weighted by Gasteiger charge is 2.20. The summed E-state index contributed by atoms with van der Waals surface area (Å²) in [5, 5.41) is 13.7. The quantitative estimate of drug-likeness (QED) is 0.495. The lowest BCUT2D eigenvalue weighted by Gasteiger charge is -2.11. The molecule has 30 heavy (non-hydrogen) atoms. The Kier molecular flexibility index (Phi) is 4.66. The molecule has 4 aromatic rings. The van der Waals surface area contributed by atoms with Gasteiger partial charge in [-0.3, -0.25) is 4.79 Å². The second kappa shape index (κ2) is 7.18. The minimum Gasteiger partial charge on any atom is -0.478 e. The predicted molar refractivity (Wildman–Crippen MR) is 111 cm³/mol. The van der Waals surface area contributed by atoms with E-state index in [2.05, 4.69) is 5.32 Å². The molecular weight excluding hydrogens is 386 g/mol. The Morgan fingerprint density at radius 3 is 2.33 bits per heavy atom. The number of hydrogen-bond donors (Lipinski definition) is 2. The molecule has 2 aromatic carbocycles. The number of nitrogens with one attached hydrogen (secondary N) is 1. The van der Waals surface area contributed by atoms with Crippen LogP contribution in [0.4, 0.5) is 0 Å². The number of carbonyl (C=O) groups excluding carboxylic acids is 1. The maximum absolute atomic E-state index is 12.7. The third-order valence-electron chi connectivity index (χ3n) is 5.30. The number of fused-ring (bicyclic) bond motifs is 2. The molecule has 0 unspecified atom stereocenters. The van der Waals surface area contributed by atoms with Crippen LogP contribution in [0.5, 0.6) is 0 Å². The van der Waals surface area contributed by atoms with E-state index < -0.39 is 17.5 Å². The van der Waals surface area contributed by atoms with Gasteiger partial charge in [-0.15, -0.1) is 0 Å². The molecule has 7 heteroatoms. The topological polar surface area (TPSA) is 110 Å². The number of carbonyl (C=O) groups is 2. The van der Waals surface area contributed by atoms with Gasteiger partial charge >= 0.3 is 11.6 Å². The zero-order valence-corrected chi connectivity index (χ0v) is 16.7. The third kappa shape index (κ3) is 3.14. The predicted octanol–water partition coefficient (Wildman–Crippen LogP) is 4.09. The summed E-state index contributed by atoms with van der Waals surface area (Å²) in [5.41, 5.74) is 2.57. The molecule has 2 aromatic heterocycles. The van der Waals surface area contributed by atoms with Crippen molar-refractivity contribution in [2.45, 2.75) is 27.3 Å². The van der Waals surface area contributed by atoms with Gasteiger partial charge in [0.1, 0.15) is 16.9 Å². The van der Waals surface area contributed by atoms with Crippen LogP contribution in [-0.2, 0) is 6.54 Å². The van der Waals surface area contributed by atoms with E-state index in [9.17, 15) is 19.5 Å². The summed E-state index contributed by atoms with van der Waals surface area (Å²) >= 11 is 0. The molecule has 2 N–H and O–H groups in total. The standard InChI is InChI=1S/C23H19NO6/c1-11-8-19(25)30-20-16(11)9-17-12(2)13(3)29-21(17)18(20)10-24-22(26)14-6-4-5-7-15(14)23(27)28/h4-9H,10H2,1-3H3,(H,24,26)(H,27,28). The van der Waals surface area contributed by atoms with E-state index in [0.717, 1.165) is 27.7 Å². The summed E-state index contributed by atoms with van der Waals surface area (Å²) in [7, 11) is 0. The number of furan rings is 1. The number of aryl methyl sites for hydroxylation is 3. The van der Waals surface area contributed by atoms with Gasteiger partial charge in [0.2, 0.25) is 0 Å². The maximum Gasteiger partial charge on any atom is 0.336 e. The number of hydrogen-bond acceptors (Lipinski definition) is 5. The summed E-state index contributed by atoms with van der Waals surface area (Å²) < 4.78 is 11.4. The van der Waals surface area contributed by atoms with Crippen LogP contribution < -0.4 is 10.9 Å². The van der Waals surface area contributed by atoms with E-state index in [1.165, 1.54) is 18.2 Å². The fourth-order valence-electron chi connectivity index (χ4n) is 3.60. The first kappa shape index (κ1) is 19.4. The van der Waals surface area contributed by atoms with Gasteiger partial charge in [-0.2, -0.15) is 0 Å². The molecular formula is C23H19NO6. The molecule has 0 aliphatic heterocycles. The van der Waals surface area contributed by atoms with Crippen molar-refractivity contribution in [3.63, 3.8) is 0 Å². The van der Waals surface area contributed by atoms with Gasteiger partial charge in [0.05, 0.1) is 23.2 Å². The average molecular weight is 405 g/mol. The van der Waals surface area contributed by atoms with E-state index in [-0.39, 0.29) is 17.7 Å². The Labute approximate surface area is 170 Å². The van der Waals surface area contributed by atoms with E-state index in [1.54, 1.807) is 12.1 Å². The molecule has 4 rings (SSSR count). The summed E-state index contributed by atoms with van der Waals surface area (Å²) in [6.45, 7) is 5.60. The number of carboxylic acid groups (broad SMARTS) is 1. The molecule has 0 bridgehead atoms. The van der Waals surface area contributed by atoms with Crippen molar-refractivity contribution in [1.82, 2.24) is 5.32 Å². The molecule has 7 nitrogen and oxygen atoms in total. The van der Waals surface area contributed by atoms with E-state index in [4.69, 9.17) is 8.83 Å². The van der Waals surface area contributed by atoms with E-state index >= 15 is 0 Å². The van der Waals surface area contributed by atoms with Gasteiger partial charge in [0.15, 0.2) is 0 Å². The first-order chi connectivity index (χ1) is 14.3. The lowest BCUT2D eigenvalue weighted by Crippen LogP contribution is -2.25. The molecule has 0 aliphatic rings. The van der Waals surface area contributed by atoms with Crippen molar-refractivity contribution in [2.75, 3.05) is 0 Å². The van der Waals surface area contributed by atoms with Crippen molar-refractivity contribution in [2.24, 2.45) is 0 Å². The van der Waals surface area contributed by atoms with Crippen molar-refractivity contribution < 1.29 is 23.5 Å². The molecule has 0 aliphatic carbocycles. The van der Waals surface area contributed by atoms with Crippen LogP contribution in [-0.4, -0.2) is 17.0 Å². The Morgan fingerprint density at radius 1 is 0.967 bits per heavy atom. The van der Waals surface area contributed by atoms with Gasteiger partial charge in [-0.1, -0.05) is 12.1 Å². The van der Waals surface area contributed by atoms with Crippen molar-refractivity contribution >= 4 is 33.8 Å². The van der Waals surface area contributed by atoms with Crippen molar-refractivity contribution in [1.29, 1.82) is 0 Å². The van der Waals surface area contributed by atoms with Crippen molar-refractivity contribution in [3.8, 4) is 0 Å². The molecule has 0 saturated heterocycles. The largest absolute Gasteiger partial charge is 0.478 e. The lowest BCUT2D eigenvalue weighted by molar-refractivity contribution is 0.0691. The number of aromatic carboxylic acids is 1. The van der Waals surface area contributed by atoms with Crippen LogP contribution >= 0.6 is 0 Å². The number of amides is 1. The molecule has 0 atom stereocenters. The van der Waals surface area contributed by atoms with Gasteiger partial charge in [-0.05, 0) is 50.1 Å². The molecule has 0 spiro atoms. The molecule has 0 radical (unpaired) electrons. The first-order valence-corrected chi connectivity index (χ1v) is 9.34. The monoisotopic (exact) mass is 405 g/mol. The molecule has 2 heterocycles. The SMILES string of the molecule is Cc1oc2c(CNC(=O)c3ccccc3C(=O)O)c3oc(=O)cc(C)c3cc2c1C. The zero-order chi connectivity index (χ0) is 21.6. The van der Waals surface area contributed by atoms with Crippen LogP contribution in [0.3, 0.4) is 0 Å². The van der Waals surface area contributed by atoms with Gasteiger partial charge in [0.25, 0.3) is 5.91 Å². The average Bonchev–Trinajstić information content (AvgIpc) is 2.99. The van der Waals surface area contributed by atoms with Crippen LogP contribution in [0, 0.1) is 20.8 Å². The second-order valence-corrected chi connectivity index (χ2v) is 7.17. The molecule has 1 amide bonds. The van der Waals surface area contributed by atoms with Crippen molar-refractivity contribution in [3.05, 3.63) is 80.4 Å². The lowest BCUT2D eigenvalue weighted by atomic mass is 10.0. The van der Waals surface area contributed by atoms with E-state index in [0.29, 0.717) is 16.7 Å². The smallest absolute Gasteiger partial charge is 0.336 e. The first-order valence-electron chi connectivity index (χ1n) is 9.34. The highest BCUT2D eigenvalue weighted by atomic mass is 16.4. The second-order valence-electron chi connectivity index (χ2n) is 7.17. The minimum atomic E-state index is -1.19. The summed E-state index contributed by atoms with van der Waals surface area (Å²) in [6.07, 6.45) is 0. The highest BCUT2D eigenvalue weighted by molar-refractivity contribution is 6.05. The number of carboxylic acids is 1. The Bertz CT molecular complexity index is 1390. The third-order valence-corrected chi connectivity index (χ3v) is 5.30.